The zero-order valence-corrected chi connectivity index (χ0v) is 14.5. The number of methoxy groups -OCH3 is 1. The second-order valence-corrected chi connectivity index (χ2v) is 5.86. The third-order valence-corrected chi connectivity index (χ3v) is 3.83. The number of halogens is 1. The van der Waals surface area contributed by atoms with Crippen LogP contribution in [0.3, 0.4) is 0 Å². The largest absolute Gasteiger partial charge is 0.497 e. The number of hydrogen-bond acceptors (Lipinski definition) is 5. The molecular weight excluding hydrogens is 342 g/mol. The monoisotopic (exact) mass is 357 g/mol. The first-order chi connectivity index (χ1) is 12.0. The van der Waals surface area contributed by atoms with E-state index in [0.717, 1.165) is 16.9 Å². The molecule has 2 aromatic carbocycles. The van der Waals surface area contributed by atoms with E-state index in [1.54, 1.807) is 37.4 Å². The summed E-state index contributed by atoms with van der Waals surface area (Å²) in [6.45, 7) is 1.87. The summed E-state index contributed by atoms with van der Waals surface area (Å²) in [4.78, 5) is 16.4. The minimum Gasteiger partial charge on any atom is -0.497 e. The smallest absolute Gasteiger partial charge is 0.236 e. The van der Waals surface area contributed by atoms with Gasteiger partial charge >= 0.3 is 0 Å². The molecule has 25 heavy (non-hydrogen) atoms. The molecule has 0 aliphatic heterocycles. The van der Waals surface area contributed by atoms with E-state index in [1.165, 1.54) is 0 Å². The standard InChI is InChI=1S/C18H16ClN3O3/c1-11-9-13(19)5-8-15(11)20-16(23)10-17-21-18(22-25-17)12-3-6-14(24-2)7-4-12/h3-9H,10H2,1-2H3,(H,20,23). The van der Waals surface area contributed by atoms with Gasteiger partial charge in [-0.15, -0.1) is 0 Å². The van der Waals surface area contributed by atoms with Crippen LogP contribution in [-0.2, 0) is 11.2 Å². The highest BCUT2D eigenvalue weighted by Crippen LogP contribution is 2.21. The van der Waals surface area contributed by atoms with E-state index in [4.69, 9.17) is 20.9 Å². The second kappa shape index (κ2) is 7.36. The Bertz CT molecular complexity index is 891. The molecule has 0 spiro atoms. The van der Waals surface area contributed by atoms with Gasteiger partial charge in [0.1, 0.15) is 12.2 Å². The molecule has 1 heterocycles. The minimum absolute atomic E-state index is 0.00871. The van der Waals surface area contributed by atoms with E-state index in [9.17, 15) is 4.79 Å². The molecule has 0 bridgehead atoms. The molecule has 0 unspecified atom stereocenters. The Morgan fingerprint density at radius 3 is 2.68 bits per heavy atom. The Kier molecular flexibility index (Phi) is 5.00. The van der Waals surface area contributed by atoms with E-state index in [2.05, 4.69) is 15.5 Å². The number of rotatable bonds is 5. The highest BCUT2D eigenvalue weighted by Gasteiger charge is 2.13. The number of nitrogens with zero attached hydrogens (tertiary/aromatic N) is 2. The maximum atomic E-state index is 12.2. The predicted octanol–water partition coefficient (Wildman–Crippen LogP) is 3.89. The molecule has 0 saturated carbocycles. The average molecular weight is 358 g/mol. The Morgan fingerprint density at radius 1 is 1.24 bits per heavy atom. The zero-order valence-electron chi connectivity index (χ0n) is 13.7. The number of anilines is 1. The van der Waals surface area contributed by atoms with E-state index < -0.39 is 0 Å². The van der Waals surface area contributed by atoms with Crippen molar-refractivity contribution < 1.29 is 14.1 Å². The van der Waals surface area contributed by atoms with E-state index in [-0.39, 0.29) is 18.2 Å². The van der Waals surface area contributed by atoms with Gasteiger partial charge in [0.15, 0.2) is 0 Å². The van der Waals surface area contributed by atoms with Gasteiger partial charge in [-0.1, -0.05) is 16.8 Å². The summed E-state index contributed by atoms with van der Waals surface area (Å²) in [5.74, 6) is 1.17. The van der Waals surface area contributed by atoms with Crippen LogP contribution in [0, 0.1) is 6.92 Å². The van der Waals surface area contributed by atoms with Crippen molar-refractivity contribution in [2.24, 2.45) is 0 Å². The Labute approximate surface area is 149 Å². The van der Waals surface area contributed by atoms with Crippen molar-refractivity contribution in [1.82, 2.24) is 10.1 Å². The fourth-order valence-corrected chi connectivity index (χ4v) is 2.51. The molecule has 7 heteroatoms. The van der Waals surface area contributed by atoms with Crippen molar-refractivity contribution in [2.75, 3.05) is 12.4 Å². The number of carbonyl (C=O) groups excluding carboxylic acids is 1. The van der Waals surface area contributed by atoms with Crippen LogP contribution >= 0.6 is 11.6 Å². The van der Waals surface area contributed by atoms with Crippen molar-refractivity contribution in [3.8, 4) is 17.1 Å². The molecule has 6 nitrogen and oxygen atoms in total. The molecule has 0 saturated heterocycles. The molecular formula is C18H16ClN3O3. The molecule has 1 amide bonds. The van der Waals surface area contributed by atoms with Gasteiger partial charge in [0.25, 0.3) is 0 Å². The van der Waals surface area contributed by atoms with Gasteiger partial charge < -0.3 is 14.6 Å². The summed E-state index contributed by atoms with van der Waals surface area (Å²) in [5.41, 5.74) is 2.36. The number of carbonyl (C=O) groups is 1. The number of ether oxygens (including phenoxy) is 1. The summed E-state index contributed by atoms with van der Waals surface area (Å²) in [6, 6.07) is 12.5. The van der Waals surface area contributed by atoms with Gasteiger partial charge in [0, 0.05) is 16.3 Å². The molecule has 0 fully saturated rings. The number of hydrogen-bond donors (Lipinski definition) is 1. The molecule has 0 atom stereocenters. The molecule has 0 aliphatic rings. The van der Waals surface area contributed by atoms with Crippen LogP contribution in [-0.4, -0.2) is 23.2 Å². The number of nitrogens with one attached hydrogen (secondary N) is 1. The number of aromatic nitrogens is 2. The number of aryl methyl sites for hydroxylation is 1. The van der Waals surface area contributed by atoms with Crippen LogP contribution in [0.2, 0.25) is 5.02 Å². The molecule has 1 aromatic heterocycles. The van der Waals surface area contributed by atoms with E-state index in [0.29, 0.717) is 16.5 Å². The zero-order chi connectivity index (χ0) is 17.8. The average Bonchev–Trinajstić information content (AvgIpc) is 3.06. The lowest BCUT2D eigenvalue weighted by Gasteiger charge is -2.07. The normalized spacial score (nSPS) is 10.5. The van der Waals surface area contributed by atoms with Gasteiger partial charge in [-0.2, -0.15) is 4.98 Å². The van der Waals surface area contributed by atoms with Crippen LogP contribution in [0.4, 0.5) is 5.69 Å². The van der Waals surface area contributed by atoms with Crippen molar-refractivity contribution in [1.29, 1.82) is 0 Å². The first kappa shape index (κ1) is 17.0. The number of amides is 1. The minimum atomic E-state index is -0.240. The topological polar surface area (TPSA) is 77.2 Å². The second-order valence-electron chi connectivity index (χ2n) is 5.42. The molecule has 0 radical (unpaired) electrons. The predicted molar refractivity (Wildman–Crippen MR) is 94.8 cm³/mol. The maximum Gasteiger partial charge on any atom is 0.236 e. The quantitative estimate of drug-likeness (QED) is 0.749. The summed E-state index contributed by atoms with van der Waals surface area (Å²) in [5, 5.41) is 7.34. The van der Waals surface area contributed by atoms with Gasteiger partial charge in [-0.05, 0) is 55.0 Å². The van der Waals surface area contributed by atoms with Crippen molar-refractivity contribution in [3.63, 3.8) is 0 Å². The Hall–Kier alpha value is -2.86. The highest BCUT2D eigenvalue weighted by molar-refractivity contribution is 6.30. The van der Waals surface area contributed by atoms with Gasteiger partial charge in [-0.3, -0.25) is 4.79 Å². The lowest BCUT2D eigenvalue weighted by atomic mass is 10.2. The summed E-state index contributed by atoms with van der Waals surface area (Å²) >= 11 is 5.91. The fourth-order valence-electron chi connectivity index (χ4n) is 2.28. The van der Waals surface area contributed by atoms with Crippen LogP contribution in [0.5, 0.6) is 5.75 Å². The van der Waals surface area contributed by atoms with Crippen molar-refractivity contribution in [2.45, 2.75) is 13.3 Å². The van der Waals surface area contributed by atoms with Crippen molar-refractivity contribution in [3.05, 3.63) is 58.9 Å². The Morgan fingerprint density at radius 2 is 2.00 bits per heavy atom. The third-order valence-electron chi connectivity index (χ3n) is 3.59. The van der Waals surface area contributed by atoms with E-state index in [1.807, 2.05) is 19.1 Å². The van der Waals surface area contributed by atoms with Gasteiger partial charge in [-0.25, -0.2) is 0 Å². The summed E-state index contributed by atoms with van der Waals surface area (Å²) in [7, 11) is 1.60. The highest BCUT2D eigenvalue weighted by atomic mass is 35.5. The summed E-state index contributed by atoms with van der Waals surface area (Å²) < 4.78 is 10.3. The fraction of sp³-hybridized carbons (Fsp3) is 0.167. The van der Waals surface area contributed by atoms with Gasteiger partial charge in [0.2, 0.25) is 17.6 Å². The molecule has 3 aromatic rings. The van der Waals surface area contributed by atoms with Crippen LogP contribution in [0.1, 0.15) is 11.5 Å². The lowest BCUT2D eigenvalue weighted by Crippen LogP contribution is -2.15. The third kappa shape index (κ3) is 4.16. The van der Waals surface area contributed by atoms with Crippen molar-refractivity contribution >= 4 is 23.2 Å². The molecule has 3 rings (SSSR count). The van der Waals surface area contributed by atoms with Crippen LogP contribution in [0.25, 0.3) is 11.4 Å². The first-order valence-corrected chi connectivity index (χ1v) is 7.96. The van der Waals surface area contributed by atoms with Gasteiger partial charge in [0.05, 0.1) is 7.11 Å². The van der Waals surface area contributed by atoms with Crippen LogP contribution < -0.4 is 10.1 Å². The SMILES string of the molecule is COc1ccc(-c2noc(CC(=O)Nc3ccc(Cl)cc3C)n2)cc1. The molecule has 0 aliphatic carbocycles. The van der Waals surface area contributed by atoms with Crippen LogP contribution in [0.15, 0.2) is 47.0 Å². The van der Waals surface area contributed by atoms with E-state index >= 15 is 0 Å². The maximum absolute atomic E-state index is 12.2. The number of benzene rings is 2. The Balaban J connectivity index is 1.67. The molecule has 1 N–H and O–H groups in total. The lowest BCUT2D eigenvalue weighted by molar-refractivity contribution is -0.115. The molecule has 128 valence electrons. The summed E-state index contributed by atoms with van der Waals surface area (Å²) in [6.07, 6.45) is -0.00871. The first-order valence-electron chi connectivity index (χ1n) is 7.58.